The molecule has 7 aliphatic heterocycles. The summed E-state index contributed by atoms with van der Waals surface area (Å²) in [6.45, 7) is 16.5. The first-order valence-electron chi connectivity index (χ1n) is 20.5. The van der Waals surface area contributed by atoms with Gasteiger partial charge in [-0.15, -0.1) is 0 Å². The summed E-state index contributed by atoms with van der Waals surface area (Å²) in [5, 5.41) is 76.5. The van der Waals surface area contributed by atoms with Crippen molar-refractivity contribution in [3.05, 3.63) is 52.8 Å². The summed E-state index contributed by atoms with van der Waals surface area (Å²) in [6.07, 6.45) is 6.11. The van der Waals surface area contributed by atoms with E-state index in [0.717, 1.165) is 0 Å². The maximum atomic E-state index is 14.4. The van der Waals surface area contributed by atoms with Crippen LogP contribution in [0.25, 0.3) is 10.8 Å². The maximum Gasteiger partial charge on any atom is 0.312 e. The number of aromatic hydroxyl groups is 3. The molecule has 2 fully saturated rings. The third kappa shape index (κ3) is 7.96. The number of piperazine rings is 1. The van der Waals surface area contributed by atoms with Crippen LogP contribution in [0.1, 0.15) is 70.0 Å². The number of hydrogen-bond acceptors (Lipinski definition) is 15. The van der Waals surface area contributed by atoms with Crippen LogP contribution in [-0.4, -0.2) is 141 Å². The zero-order valence-electron chi connectivity index (χ0n) is 35.8. The number of aliphatic hydroxyl groups excluding tert-OH is 3. The number of hydrogen-bond donors (Lipinski definition) is 7. The van der Waals surface area contributed by atoms with E-state index in [-0.39, 0.29) is 69.0 Å². The van der Waals surface area contributed by atoms with E-state index >= 15 is 0 Å². The zero-order valence-corrected chi connectivity index (χ0v) is 35.8. The number of carbonyl (C=O) groups excluding carboxylic acids is 2. The molecule has 2 saturated heterocycles. The number of benzene rings is 2. The van der Waals surface area contributed by atoms with Crippen molar-refractivity contribution in [3.8, 4) is 23.0 Å². The number of Topliss-reactive ketones (excluding diaryl/α,β-unsaturated/α-hetero) is 1. The van der Waals surface area contributed by atoms with Crippen LogP contribution in [0.5, 0.6) is 23.0 Å². The van der Waals surface area contributed by atoms with E-state index in [1.165, 1.54) is 39.5 Å². The number of rotatable bonds is 5. The molecule has 0 radical (unpaired) electrons. The molecule has 2 aromatic carbocycles. The van der Waals surface area contributed by atoms with Crippen molar-refractivity contribution in [2.75, 3.05) is 51.8 Å². The van der Waals surface area contributed by atoms with Crippen molar-refractivity contribution in [1.29, 1.82) is 0 Å². The lowest BCUT2D eigenvalue weighted by molar-refractivity contribution is -0.251. The Morgan fingerprint density at radius 1 is 0.950 bits per heavy atom. The Labute approximate surface area is 350 Å². The predicted molar refractivity (Wildman–Crippen MR) is 224 cm³/mol. The van der Waals surface area contributed by atoms with E-state index in [0.29, 0.717) is 32.7 Å². The van der Waals surface area contributed by atoms with Crippen LogP contribution in [0.15, 0.2) is 41.2 Å². The van der Waals surface area contributed by atoms with E-state index in [2.05, 4.69) is 15.3 Å². The van der Waals surface area contributed by atoms with Crippen molar-refractivity contribution < 1.29 is 59.2 Å². The van der Waals surface area contributed by atoms with Crippen LogP contribution >= 0.6 is 0 Å². The number of carbonyl (C=O) groups is 2. The van der Waals surface area contributed by atoms with Gasteiger partial charge in [0, 0.05) is 87.0 Å². The molecule has 60 heavy (non-hydrogen) atoms. The average molecular weight is 837 g/mol. The third-order valence-electron chi connectivity index (χ3n) is 13.1. The fraction of sp³-hybridized carbons (Fsp3) is 0.568. The summed E-state index contributed by atoms with van der Waals surface area (Å²) in [5.41, 5.74) is -0.999. The van der Waals surface area contributed by atoms with Gasteiger partial charge in [-0.2, -0.15) is 5.10 Å². The molecule has 0 aliphatic carbocycles. The Balaban J connectivity index is 1.48. The number of phenolic OH excluding ortho intramolecular Hbond substituents is 3. The molecule has 7 heterocycles. The van der Waals surface area contributed by atoms with Gasteiger partial charge in [0.15, 0.2) is 5.75 Å². The molecule has 1 amide bonds. The van der Waals surface area contributed by atoms with Gasteiger partial charge in [0.25, 0.3) is 11.7 Å². The molecule has 2 aromatic rings. The van der Waals surface area contributed by atoms with Crippen molar-refractivity contribution in [3.63, 3.8) is 0 Å². The van der Waals surface area contributed by atoms with Crippen LogP contribution in [0.2, 0.25) is 0 Å². The van der Waals surface area contributed by atoms with E-state index in [4.69, 9.17) is 18.9 Å². The number of nitrogens with zero attached hydrogens (tertiary/aromatic N) is 3. The molecule has 10 atom stereocenters. The molecule has 16 heteroatoms. The first-order chi connectivity index (χ1) is 28.3. The number of nitrogens with one attached hydrogen (secondary N) is 1. The molecular weight excluding hydrogens is 776 g/mol. The Morgan fingerprint density at radius 3 is 2.25 bits per heavy atom. The molecular formula is C44H60N4O12. The second-order valence-electron chi connectivity index (χ2n) is 17.0. The van der Waals surface area contributed by atoms with Crippen LogP contribution in [0.4, 0.5) is 5.69 Å². The van der Waals surface area contributed by atoms with E-state index in [1.807, 2.05) is 26.8 Å². The van der Waals surface area contributed by atoms with Gasteiger partial charge in [0.2, 0.25) is 0 Å². The van der Waals surface area contributed by atoms with Gasteiger partial charge in [-0.3, -0.25) is 19.5 Å². The lowest BCUT2D eigenvalue weighted by Crippen LogP contribution is -2.60. The van der Waals surface area contributed by atoms with Crippen LogP contribution < -0.4 is 10.1 Å². The van der Waals surface area contributed by atoms with E-state index < -0.39 is 70.5 Å². The van der Waals surface area contributed by atoms with Gasteiger partial charge in [0.1, 0.15) is 17.2 Å². The van der Waals surface area contributed by atoms with E-state index in [9.17, 15) is 40.2 Å². The number of hydrazone groups is 1. The largest absolute Gasteiger partial charge is 0.507 e. The molecule has 7 aliphatic rings. The van der Waals surface area contributed by atoms with Crippen molar-refractivity contribution in [2.45, 2.75) is 91.2 Å². The number of ketones is 1. The summed E-state index contributed by atoms with van der Waals surface area (Å²) in [4.78, 5) is 30.3. The topological polar surface area (TPSA) is 223 Å². The number of phenols is 3. The standard InChI is InChI=1S/C44H60N4O12/c1-22-11-10-13-43(7)27(6)39(59-43)25(4)35(51)24(3)34(50)23(2)29(57-9)12-20-58-44(8)41(55)32-30-31(36(52)26(5)40(32)60-44)38(54)33(46-42(22)56)28(37(30)53)21-45-48-16-14-47(15-17-48)18-19-49/h10-13,20-21,23-25,27,29,34-35,39,49-54H,14-19H2,1-9H3,(H,46,56)/b13-10+,20-12+,22-11-,45-21+/t23-,24+,25+,27-,29+,34-,35+,39-,43+,44+/m1/s1. The fourth-order valence-corrected chi connectivity index (χ4v) is 8.76. The lowest BCUT2D eigenvalue weighted by Gasteiger charge is -2.54. The SMILES string of the molecule is CO[C@H]1/C=C/O[C@@]2(C)Oc3c(C)c(O)c4c(O)c(c(/C=N/N5CCN(CCO)CC5)c(O)c4c3C2=O)NC(=O)/C(C)=C\C=C\[C@]2(C)O[C@H]([C@@H](C)[C@@H](O)[C@@H](C)[C@H](O)[C@@H]1C)[C@H]2C. The Kier molecular flexibility index (Phi) is 13.0. The monoisotopic (exact) mass is 836 g/mol. The number of aliphatic hydroxyl groups is 3. The number of β-amino-alcohol motifs (C(OH)–C–C–N with tert-alkyl or cyclic N) is 1. The highest BCUT2D eigenvalue weighted by Gasteiger charge is 2.52. The normalized spacial score (nSPS) is 35.1. The number of amides is 1. The molecule has 7 N–H and O–H groups in total. The fourth-order valence-electron chi connectivity index (χ4n) is 8.76. The quantitative estimate of drug-likeness (QED) is 0.129. The molecule has 7 bridgehead atoms. The molecule has 0 aromatic heterocycles. The summed E-state index contributed by atoms with van der Waals surface area (Å²) in [7, 11) is 1.46. The van der Waals surface area contributed by atoms with Gasteiger partial charge in [-0.25, -0.2) is 0 Å². The van der Waals surface area contributed by atoms with Crippen LogP contribution in [-0.2, 0) is 19.0 Å². The number of allylic oxidation sites excluding steroid dienone is 2. The summed E-state index contributed by atoms with van der Waals surface area (Å²) in [5.74, 6) is -6.71. The Bertz CT molecular complexity index is 2110. The minimum Gasteiger partial charge on any atom is -0.507 e. The third-order valence-corrected chi connectivity index (χ3v) is 13.1. The highest BCUT2D eigenvalue weighted by Crippen LogP contribution is 2.55. The zero-order chi connectivity index (χ0) is 44.0. The minimum atomic E-state index is -2.02. The lowest BCUT2D eigenvalue weighted by atomic mass is 9.70. The van der Waals surface area contributed by atoms with Gasteiger partial charge < -0.3 is 54.9 Å². The Morgan fingerprint density at radius 2 is 1.62 bits per heavy atom. The van der Waals surface area contributed by atoms with Gasteiger partial charge in [0.05, 0.1) is 71.3 Å². The molecule has 16 nitrogen and oxygen atoms in total. The van der Waals surface area contributed by atoms with Crippen molar-refractivity contribution >= 4 is 34.4 Å². The van der Waals surface area contributed by atoms with Crippen LogP contribution in [0.3, 0.4) is 0 Å². The molecule has 0 saturated carbocycles. The molecule has 0 spiro atoms. The van der Waals surface area contributed by atoms with Crippen LogP contribution in [0, 0.1) is 30.6 Å². The first kappa shape index (κ1) is 44.8. The van der Waals surface area contributed by atoms with E-state index in [1.54, 1.807) is 37.9 Å². The summed E-state index contributed by atoms with van der Waals surface area (Å²) in [6, 6.07) is 0. The highest BCUT2D eigenvalue weighted by molar-refractivity contribution is 6.23. The maximum absolute atomic E-state index is 14.4. The van der Waals surface area contributed by atoms with Gasteiger partial charge >= 0.3 is 5.79 Å². The number of ether oxygens (including phenoxy) is 4. The molecule has 9 rings (SSSR count). The first-order valence-corrected chi connectivity index (χ1v) is 20.5. The van der Waals surface area contributed by atoms with Crippen molar-refractivity contribution in [1.82, 2.24) is 9.91 Å². The second-order valence-corrected chi connectivity index (χ2v) is 17.0. The smallest absolute Gasteiger partial charge is 0.312 e. The second kappa shape index (κ2) is 17.3. The predicted octanol–water partition coefficient (Wildman–Crippen LogP) is 3.92. The van der Waals surface area contributed by atoms with Crippen molar-refractivity contribution in [2.24, 2.45) is 28.8 Å². The summed E-state index contributed by atoms with van der Waals surface area (Å²) < 4.78 is 24.2. The molecule has 0 unspecified atom stereocenters. The van der Waals surface area contributed by atoms with Gasteiger partial charge in [-0.1, -0.05) is 45.9 Å². The highest BCUT2D eigenvalue weighted by atomic mass is 16.7. The Hall–Kier alpha value is -4.71. The number of anilines is 1. The summed E-state index contributed by atoms with van der Waals surface area (Å²) >= 11 is 0. The van der Waals surface area contributed by atoms with Gasteiger partial charge in [-0.05, 0) is 26.8 Å². The average Bonchev–Trinajstić information content (AvgIpc) is 3.49. The molecule has 328 valence electrons. The minimum absolute atomic E-state index is 0.0208. The number of methoxy groups -OCH3 is 1.